The smallest absolute Gasteiger partial charge is 0.257 e. The van der Waals surface area contributed by atoms with Crippen LogP contribution in [-0.4, -0.2) is 37.4 Å². The molecule has 8 nitrogen and oxygen atoms in total. The molecule has 0 aromatic heterocycles. The molecule has 0 saturated carbocycles. The first-order valence-corrected chi connectivity index (χ1v) is 10.3. The standard InChI is InChI=1S/C23H28N4O4/c1-4-31-19-8-6-18(7-9-19)27-14-17(12-22(27)29)23(30)26-25-21(28)13-24-20-10-5-15(2)11-16(20)3/h5-11,17,24H,4,12-14H2,1-3H3,(H,25,28)(H,26,30)/t17-/m1/s1. The Morgan fingerprint density at radius 2 is 1.84 bits per heavy atom. The maximum atomic E-state index is 12.4. The molecule has 1 fully saturated rings. The number of amides is 3. The highest BCUT2D eigenvalue weighted by atomic mass is 16.5. The Labute approximate surface area is 181 Å². The molecule has 1 aliphatic heterocycles. The third kappa shape index (κ3) is 5.75. The Morgan fingerprint density at radius 3 is 2.52 bits per heavy atom. The molecule has 0 aliphatic carbocycles. The highest BCUT2D eigenvalue weighted by Crippen LogP contribution is 2.27. The topological polar surface area (TPSA) is 99.8 Å². The largest absolute Gasteiger partial charge is 0.494 e. The zero-order valence-corrected chi connectivity index (χ0v) is 18.0. The molecule has 3 amide bonds. The van der Waals surface area contributed by atoms with Gasteiger partial charge in [-0.1, -0.05) is 17.7 Å². The lowest BCUT2D eigenvalue weighted by molar-refractivity contribution is -0.130. The molecule has 0 unspecified atom stereocenters. The van der Waals surface area contributed by atoms with Crippen LogP contribution >= 0.6 is 0 Å². The van der Waals surface area contributed by atoms with Crippen molar-refractivity contribution in [3.63, 3.8) is 0 Å². The van der Waals surface area contributed by atoms with E-state index in [0.717, 1.165) is 22.6 Å². The Morgan fingerprint density at radius 1 is 1.10 bits per heavy atom. The Bertz CT molecular complexity index is 959. The van der Waals surface area contributed by atoms with Crippen molar-refractivity contribution in [2.45, 2.75) is 27.2 Å². The maximum absolute atomic E-state index is 12.4. The van der Waals surface area contributed by atoms with Gasteiger partial charge in [-0.2, -0.15) is 0 Å². The summed E-state index contributed by atoms with van der Waals surface area (Å²) in [5.74, 6) is -0.703. The highest BCUT2D eigenvalue weighted by molar-refractivity contribution is 6.00. The second-order valence-corrected chi connectivity index (χ2v) is 7.54. The second-order valence-electron chi connectivity index (χ2n) is 7.54. The first-order valence-electron chi connectivity index (χ1n) is 10.3. The molecular formula is C23H28N4O4. The molecule has 1 atom stereocenters. The van der Waals surface area contributed by atoms with E-state index in [9.17, 15) is 14.4 Å². The lowest BCUT2D eigenvalue weighted by atomic mass is 10.1. The van der Waals surface area contributed by atoms with Crippen molar-refractivity contribution in [1.29, 1.82) is 0 Å². The molecule has 0 spiro atoms. The van der Waals surface area contributed by atoms with Gasteiger partial charge < -0.3 is 15.0 Å². The van der Waals surface area contributed by atoms with Crippen LogP contribution in [0.3, 0.4) is 0 Å². The number of ether oxygens (including phenoxy) is 1. The average Bonchev–Trinajstić information content (AvgIpc) is 3.14. The van der Waals surface area contributed by atoms with Gasteiger partial charge in [-0.15, -0.1) is 0 Å². The molecule has 2 aromatic carbocycles. The van der Waals surface area contributed by atoms with Crippen LogP contribution in [0, 0.1) is 19.8 Å². The van der Waals surface area contributed by atoms with Crippen LogP contribution in [0.15, 0.2) is 42.5 Å². The zero-order chi connectivity index (χ0) is 22.4. The van der Waals surface area contributed by atoms with Crippen molar-refractivity contribution < 1.29 is 19.1 Å². The summed E-state index contributed by atoms with van der Waals surface area (Å²) < 4.78 is 5.41. The molecule has 1 saturated heterocycles. The van der Waals surface area contributed by atoms with Crippen LogP contribution in [0.5, 0.6) is 5.75 Å². The number of carbonyl (C=O) groups is 3. The predicted molar refractivity (Wildman–Crippen MR) is 119 cm³/mol. The first kappa shape index (κ1) is 22.1. The number of hydrogen-bond donors (Lipinski definition) is 3. The molecule has 0 radical (unpaired) electrons. The van der Waals surface area contributed by atoms with Gasteiger partial charge in [-0.05, 0) is 56.7 Å². The van der Waals surface area contributed by atoms with Gasteiger partial charge in [-0.25, -0.2) is 0 Å². The van der Waals surface area contributed by atoms with E-state index in [2.05, 4.69) is 16.2 Å². The number of aryl methyl sites for hydroxylation is 2. The number of nitrogens with zero attached hydrogens (tertiary/aromatic N) is 1. The lowest BCUT2D eigenvalue weighted by Gasteiger charge is -2.17. The fourth-order valence-corrected chi connectivity index (χ4v) is 3.49. The monoisotopic (exact) mass is 424 g/mol. The molecule has 3 rings (SSSR count). The third-order valence-electron chi connectivity index (χ3n) is 5.10. The third-order valence-corrected chi connectivity index (χ3v) is 5.10. The minimum absolute atomic E-state index is 0.0199. The second kappa shape index (κ2) is 9.97. The van der Waals surface area contributed by atoms with Gasteiger partial charge in [0.05, 0.1) is 19.1 Å². The summed E-state index contributed by atoms with van der Waals surface area (Å²) >= 11 is 0. The number of hydrogen-bond acceptors (Lipinski definition) is 5. The summed E-state index contributed by atoms with van der Waals surface area (Å²) in [6.07, 6.45) is 0.0930. The van der Waals surface area contributed by atoms with Crippen LogP contribution in [0.25, 0.3) is 0 Å². The van der Waals surface area contributed by atoms with E-state index in [1.54, 1.807) is 29.2 Å². The van der Waals surface area contributed by atoms with E-state index in [1.807, 2.05) is 39.0 Å². The molecule has 0 bridgehead atoms. The van der Waals surface area contributed by atoms with Crippen molar-refractivity contribution in [3.05, 3.63) is 53.6 Å². The minimum atomic E-state index is -0.535. The highest BCUT2D eigenvalue weighted by Gasteiger charge is 2.35. The molecular weight excluding hydrogens is 396 g/mol. The van der Waals surface area contributed by atoms with Crippen molar-refractivity contribution >= 4 is 29.1 Å². The quantitative estimate of drug-likeness (QED) is 0.593. The summed E-state index contributed by atoms with van der Waals surface area (Å²) in [7, 11) is 0. The van der Waals surface area contributed by atoms with Crippen LogP contribution in [0.4, 0.5) is 11.4 Å². The Hall–Kier alpha value is -3.55. The van der Waals surface area contributed by atoms with Gasteiger partial charge in [0.15, 0.2) is 0 Å². The summed E-state index contributed by atoms with van der Waals surface area (Å²) in [5.41, 5.74) is 8.58. The van der Waals surface area contributed by atoms with Gasteiger partial charge in [0, 0.05) is 24.3 Å². The van der Waals surface area contributed by atoms with Crippen LogP contribution < -0.4 is 25.8 Å². The van der Waals surface area contributed by atoms with Gasteiger partial charge in [0.1, 0.15) is 5.75 Å². The normalized spacial score (nSPS) is 15.5. The van der Waals surface area contributed by atoms with E-state index in [-0.39, 0.29) is 37.2 Å². The van der Waals surface area contributed by atoms with Crippen LogP contribution in [0.2, 0.25) is 0 Å². The van der Waals surface area contributed by atoms with Crippen LogP contribution in [-0.2, 0) is 14.4 Å². The predicted octanol–water partition coefficient (Wildman–Crippen LogP) is 2.31. The maximum Gasteiger partial charge on any atom is 0.257 e. The van der Waals surface area contributed by atoms with Crippen molar-refractivity contribution in [2.24, 2.45) is 5.92 Å². The van der Waals surface area contributed by atoms with E-state index >= 15 is 0 Å². The summed E-state index contributed by atoms with van der Waals surface area (Å²) in [4.78, 5) is 38.4. The lowest BCUT2D eigenvalue weighted by Crippen LogP contribution is -2.47. The van der Waals surface area contributed by atoms with Gasteiger partial charge in [-0.3, -0.25) is 25.2 Å². The van der Waals surface area contributed by atoms with E-state index in [4.69, 9.17) is 4.74 Å². The van der Waals surface area contributed by atoms with E-state index in [1.165, 1.54) is 0 Å². The molecule has 8 heteroatoms. The van der Waals surface area contributed by atoms with Crippen LogP contribution in [0.1, 0.15) is 24.5 Å². The SMILES string of the molecule is CCOc1ccc(N2C[C@H](C(=O)NNC(=O)CNc3ccc(C)cc3C)CC2=O)cc1. The van der Waals surface area contributed by atoms with Crippen molar-refractivity contribution in [1.82, 2.24) is 10.9 Å². The molecule has 31 heavy (non-hydrogen) atoms. The summed E-state index contributed by atoms with van der Waals surface area (Å²) in [5, 5.41) is 3.05. The molecule has 1 heterocycles. The first-order chi connectivity index (χ1) is 14.9. The molecule has 164 valence electrons. The van der Waals surface area contributed by atoms with E-state index in [0.29, 0.717) is 12.3 Å². The summed E-state index contributed by atoms with van der Waals surface area (Å²) in [6, 6.07) is 13.1. The van der Waals surface area contributed by atoms with Crippen molar-refractivity contribution in [2.75, 3.05) is 29.9 Å². The Balaban J connectivity index is 1.47. The fraction of sp³-hybridized carbons (Fsp3) is 0.348. The minimum Gasteiger partial charge on any atom is -0.494 e. The van der Waals surface area contributed by atoms with E-state index < -0.39 is 5.92 Å². The van der Waals surface area contributed by atoms with Gasteiger partial charge >= 0.3 is 0 Å². The number of benzene rings is 2. The number of hydrazine groups is 1. The molecule has 2 aromatic rings. The number of rotatable bonds is 7. The van der Waals surface area contributed by atoms with Crippen molar-refractivity contribution in [3.8, 4) is 5.75 Å². The molecule has 3 N–H and O–H groups in total. The van der Waals surface area contributed by atoms with Gasteiger partial charge in [0.25, 0.3) is 5.91 Å². The fourth-order valence-electron chi connectivity index (χ4n) is 3.49. The zero-order valence-electron chi connectivity index (χ0n) is 18.0. The molecule has 1 aliphatic rings. The number of anilines is 2. The Kier molecular flexibility index (Phi) is 7.12. The average molecular weight is 425 g/mol. The number of nitrogens with one attached hydrogen (secondary N) is 3. The summed E-state index contributed by atoms with van der Waals surface area (Å²) in [6.45, 7) is 6.71. The number of carbonyl (C=O) groups excluding carboxylic acids is 3. The van der Waals surface area contributed by atoms with Gasteiger partial charge in [0.2, 0.25) is 11.8 Å².